The minimum atomic E-state index is -0.540. The molecule has 0 aliphatic carbocycles. The number of methoxy groups -OCH3 is 2. The molecule has 0 saturated carbocycles. The smallest absolute Gasteiger partial charge is 0.493 e. The SMILES string of the molecule is COc1cc2c(B3OC(C)(C)C(C)(C)O3)c3c(c(-c4ccc5c(c4)OCO5)c2cc1OC)COC3. The standard InChI is InChI=1S/C27H29BO7/c1-26(2)27(3,4)35-28(34-26)25-17-11-22(30-6)21(29-5)10-16(17)24(18-12-31-13-19(18)25)15-7-8-20-23(9-15)33-14-32-20/h7-11H,12-14H2,1-6H3. The first kappa shape index (κ1) is 22.5. The fraction of sp³-hybridized carbons (Fsp3) is 0.407. The Labute approximate surface area is 205 Å². The molecule has 0 radical (unpaired) electrons. The molecule has 3 aliphatic rings. The van der Waals surface area contributed by atoms with Gasteiger partial charge < -0.3 is 33.0 Å². The molecule has 1 fully saturated rings. The van der Waals surface area contributed by atoms with Crippen molar-refractivity contribution in [3.05, 3.63) is 41.5 Å². The molecular weight excluding hydrogens is 447 g/mol. The summed E-state index contributed by atoms with van der Waals surface area (Å²) in [5.74, 6) is 2.78. The van der Waals surface area contributed by atoms with E-state index in [1.807, 2.05) is 24.3 Å². The van der Waals surface area contributed by atoms with Crippen molar-refractivity contribution in [1.29, 1.82) is 0 Å². The first-order valence-corrected chi connectivity index (χ1v) is 11.8. The second kappa shape index (κ2) is 7.78. The lowest BCUT2D eigenvalue weighted by Gasteiger charge is -2.32. The van der Waals surface area contributed by atoms with Crippen molar-refractivity contribution in [3.8, 4) is 34.1 Å². The van der Waals surface area contributed by atoms with Crippen LogP contribution in [0.5, 0.6) is 23.0 Å². The molecule has 0 N–H and O–H groups in total. The van der Waals surface area contributed by atoms with Gasteiger partial charge >= 0.3 is 7.12 Å². The van der Waals surface area contributed by atoms with Crippen LogP contribution in [0.1, 0.15) is 38.8 Å². The van der Waals surface area contributed by atoms with E-state index in [2.05, 4.69) is 33.8 Å². The summed E-state index contributed by atoms with van der Waals surface area (Å²) in [5.41, 5.74) is 4.35. The number of ether oxygens (including phenoxy) is 5. The first-order valence-electron chi connectivity index (χ1n) is 11.8. The highest BCUT2D eigenvalue weighted by Gasteiger charge is 2.53. The zero-order valence-electron chi connectivity index (χ0n) is 20.9. The van der Waals surface area contributed by atoms with Crippen LogP contribution in [-0.4, -0.2) is 39.3 Å². The molecule has 1 saturated heterocycles. The predicted molar refractivity (Wildman–Crippen MR) is 133 cm³/mol. The van der Waals surface area contributed by atoms with Crippen LogP contribution in [-0.2, 0) is 27.3 Å². The van der Waals surface area contributed by atoms with E-state index in [4.69, 9.17) is 33.0 Å². The maximum Gasteiger partial charge on any atom is 0.495 e. The molecule has 35 heavy (non-hydrogen) atoms. The lowest BCUT2D eigenvalue weighted by Crippen LogP contribution is -2.41. The zero-order chi connectivity index (χ0) is 24.5. The molecule has 3 aliphatic heterocycles. The number of rotatable bonds is 4. The molecule has 0 amide bonds. The van der Waals surface area contributed by atoms with Crippen LogP contribution in [0.25, 0.3) is 21.9 Å². The van der Waals surface area contributed by atoms with Crippen LogP contribution in [0.3, 0.4) is 0 Å². The van der Waals surface area contributed by atoms with E-state index in [-0.39, 0.29) is 6.79 Å². The van der Waals surface area contributed by atoms with Crippen LogP contribution in [0.15, 0.2) is 30.3 Å². The van der Waals surface area contributed by atoms with Gasteiger partial charge in [-0.2, -0.15) is 0 Å². The fourth-order valence-electron chi connectivity index (χ4n) is 5.14. The maximum atomic E-state index is 6.53. The van der Waals surface area contributed by atoms with Crippen molar-refractivity contribution in [2.45, 2.75) is 52.1 Å². The zero-order valence-corrected chi connectivity index (χ0v) is 20.9. The van der Waals surface area contributed by atoms with Crippen LogP contribution < -0.4 is 24.4 Å². The monoisotopic (exact) mass is 476 g/mol. The van der Waals surface area contributed by atoms with Crippen molar-refractivity contribution in [2.24, 2.45) is 0 Å². The fourth-order valence-corrected chi connectivity index (χ4v) is 5.14. The first-order chi connectivity index (χ1) is 16.7. The van der Waals surface area contributed by atoms with E-state index in [0.717, 1.165) is 50.0 Å². The Bertz CT molecular complexity index is 1330. The second-order valence-electron chi connectivity index (χ2n) is 10.1. The van der Waals surface area contributed by atoms with E-state index in [0.29, 0.717) is 24.7 Å². The number of benzene rings is 3. The highest BCUT2D eigenvalue weighted by molar-refractivity contribution is 6.66. The minimum Gasteiger partial charge on any atom is -0.493 e. The average molecular weight is 476 g/mol. The summed E-state index contributed by atoms with van der Waals surface area (Å²) in [5, 5.41) is 1.99. The highest BCUT2D eigenvalue weighted by Crippen LogP contribution is 2.46. The van der Waals surface area contributed by atoms with E-state index in [1.54, 1.807) is 14.2 Å². The van der Waals surface area contributed by atoms with Crippen molar-refractivity contribution >= 4 is 23.4 Å². The van der Waals surface area contributed by atoms with Crippen molar-refractivity contribution in [3.63, 3.8) is 0 Å². The number of fused-ring (bicyclic) bond motifs is 3. The summed E-state index contributed by atoms with van der Waals surface area (Å²) in [7, 11) is 2.75. The average Bonchev–Trinajstić information content (AvgIpc) is 3.53. The summed E-state index contributed by atoms with van der Waals surface area (Å²) >= 11 is 0. The van der Waals surface area contributed by atoms with Gasteiger partial charge in [-0.25, -0.2) is 0 Å². The van der Waals surface area contributed by atoms with Gasteiger partial charge in [0.25, 0.3) is 0 Å². The van der Waals surface area contributed by atoms with Crippen LogP contribution in [0, 0.1) is 0 Å². The highest BCUT2D eigenvalue weighted by atomic mass is 16.7. The Kier molecular flexibility index (Phi) is 5.01. The van der Waals surface area contributed by atoms with E-state index in [9.17, 15) is 0 Å². The molecule has 0 atom stereocenters. The van der Waals surface area contributed by atoms with Gasteiger partial charge in [0.2, 0.25) is 6.79 Å². The maximum absolute atomic E-state index is 6.53. The third-order valence-electron chi connectivity index (χ3n) is 7.72. The van der Waals surface area contributed by atoms with Crippen molar-refractivity contribution in [1.82, 2.24) is 0 Å². The Hall–Kier alpha value is -2.94. The molecule has 182 valence electrons. The van der Waals surface area contributed by atoms with E-state index in [1.165, 1.54) is 0 Å². The van der Waals surface area contributed by atoms with Gasteiger partial charge in [0.15, 0.2) is 23.0 Å². The molecule has 0 bridgehead atoms. The summed E-state index contributed by atoms with van der Waals surface area (Å²) < 4.78 is 41.7. The third kappa shape index (κ3) is 3.31. The van der Waals surface area contributed by atoms with Crippen LogP contribution in [0.2, 0.25) is 0 Å². The normalized spacial score (nSPS) is 19.3. The molecule has 3 heterocycles. The van der Waals surface area contributed by atoms with Gasteiger partial charge in [0.1, 0.15) is 0 Å². The topological polar surface area (TPSA) is 64.6 Å². The number of hydrogen-bond acceptors (Lipinski definition) is 7. The van der Waals surface area contributed by atoms with Crippen LogP contribution >= 0.6 is 0 Å². The van der Waals surface area contributed by atoms with Crippen molar-refractivity contribution < 1.29 is 33.0 Å². The van der Waals surface area contributed by atoms with Gasteiger partial charge in [0, 0.05) is 0 Å². The minimum absolute atomic E-state index is 0.229. The lowest BCUT2D eigenvalue weighted by molar-refractivity contribution is 0.00578. The summed E-state index contributed by atoms with van der Waals surface area (Å²) in [4.78, 5) is 0. The second-order valence-corrected chi connectivity index (χ2v) is 10.1. The third-order valence-corrected chi connectivity index (χ3v) is 7.72. The molecule has 7 nitrogen and oxygen atoms in total. The summed E-state index contributed by atoms with van der Waals surface area (Å²) in [6.07, 6.45) is 0. The molecule has 0 spiro atoms. The largest absolute Gasteiger partial charge is 0.495 e. The predicted octanol–water partition coefficient (Wildman–Crippen LogP) is 4.58. The van der Waals surface area contributed by atoms with Gasteiger partial charge in [0.05, 0.1) is 38.6 Å². The summed E-state index contributed by atoms with van der Waals surface area (Å²) in [6, 6.07) is 10.1. The van der Waals surface area contributed by atoms with Gasteiger partial charge in [-0.1, -0.05) is 6.07 Å². The van der Waals surface area contributed by atoms with E-state index < -0.39 is 18.3 Å². The Balaban J connectivity index is 1.66. The van der Waals surface area contributed by atoms with Gasteiger partial charge in [-0.05, 0) is 90.4 Å². The number of hydrogen-bond donors (Lipinski definition) is 0. The Morgan fingerprint density at radius 2 is 1.40 bits per heavy atom. The molecule has 3 aromatic rings. The van der Waals surface area contributed by atoms with Gasteiger partial charge in [-0.15, -0.1) is 0 Å². The summed E-state index contributed by atoms with van der Waals surface area (Å²) in [6.45, 7) is 9.47. The molecule has 8 heteroatoms. The Morgan fingerprint density at radius 3 is 2.09 bits per heavy atom. The van der Waals surface area contributed by atoms with Crippen molar-refractivity contribution in [2.75, 3.05) is 21.0 Å². The van der Waals surface area contributed by atoms with Gasteiger partial charge in [-0.3, -0.25) is 0 Å². The Morgan fingerprint density at radius 1 is 0.771 bits per heavy atom. The molecular formula is C27H29BO7. The quantitative estimate of drug-likeness (QED) is 0.511. The van der Waals surface area contributed by atoms with E-state index >= 15 is 0 Å². The molecule has 6 rings (SSSR count). The molecule has 0 unspecified atom stereocenters. The lowest BCUT2D eigenvalue weighted by atomic mass is 9.70. The molecule has 0 aromatic heterocycles. The van der Waals surface area contributed by atoms with Crippen LogP contribution in [0.4, 0.5) is 0 Å². The molecule has 3 aromatic carbocycles.